The lowest BCUT2D eigenvalue weighted by atomic mass is 10.4. The van der Waals surface area contributed by atoms with Crippen LogP contribution in [-0.2, 0) is 14.1 Å². The van der Waals surface area contributed by atoms with E-state index in [1.165, 1.54) is 6.92 Å². The Morgan fingerprint density at radius 2 is 1.93 bits per heavy atom. The van der Waals surface area contributed by atoms with Crippen LogP contribution in [0.4, 0.5) is 0 Å². The van der Waals surface area contributed by atoms with Gasteiger partial charge in [0.2, 0.25) is 0 Å². The molecule has 0 heterocycles. The molecular weight excluding hydrogens is 211 g/mol. The first-order valence-electron chi connectivity index (χ1n) is 4.85. The number of rotatable bonds is 4. The van der Waals surface area contributed by atoms with Crippen LogP contribution in [0.25, 0.3) is 0 Å². The summed E-state index contributed by atoms with van der Waals surface area (Å²) in [5.74, 6) is -0.389. The van der Waals surface area contributed by atoms with E-state index in [-0.39, 0.29) is 12.3 Å². The first kappa shape index (κ1) is 12.0. The Morgan fingerprint density at radius 3 is 2.40 bits per heavy atom. The summed E-state index contributed by atoms with van der Waals surface area (Å²) in [6.45, 7) is 3.17. The van der Waals surface area contributed by atoms with Crippen LogP contribution in [0.5, 0.6) is 0 Å². The van der Waals surface area contributed by atoms with Gasteiger partial charge in [-0.05, 0) is 0 Å². The Bertz CT molecular complexity index is 373. The fraction of sp³-hybridized carbons (Fsp3) is 0.364. The zero-order chi connectivity index (χ0) is 11.3. The summed E-state index contributed by atoms with van der Waals surface area (Å²) in [5, 5.41) is 0.772. The summed E-state index contributed by atoms with van der Waals surface area (Å²) in [6, 6.07) is 9.17. The van der Waals surface area contributed by atoms with Gasteiger partial charge in [-0.2, -0.15) is 0 Å². The zero-order valence-electron chi connectivity index (χ0n) is 8.97. The van der Waals surface area contributed by atoms with Crippen LogP contribution in [0.2, 0.25) is 0 Å². The van der Waals surface area contributed by atoms with Crippen molar-refractivity contribution in [3.8, 4) is 0 Å². The number of carbonyl (C=O) groups is 1. The second-order valence-electron chi connectivity index (χ2n) is 3.31. The molecule has 0 N–H and O–H groups in total. The first-order valence-corrected chi connectivity index (χ1v) is 6.93. The smallest absolute Gasteiger partial charge is 0.303 e. The van der Waals surface area contributed by atoms with Crippen LogP contribution >= 0.6 is 7.14 Å². The van der Waals surface area contributed by atoms with Gasteiger partial charge in [-0.1, -0.05) is 37.3 Å². The molecule has 0 aliphatic carbocycles. The molecule has 1 atom stereocenters. The van der Waals surface area contributed by atoms with Gasteiger partial charge >= 0.3 is 5.97 Å². The predicted molar refractivity (Wildman–Crippen MR) is 60.9 cm³/mol. The van der Waals surface area contributed by atoms with Crippen molar-refractivity contribution in [2.24, 2.45) is 0 Å². The standard InChI is InChI=1S/C11H15O3P/c1-3-15(13,9-14-10(2)12)11-7-5-4-6-8-11/h4-8H,3,9H2,1-2H3/t15-/m0/s1. The van der Waals surface area contributed by atoms with Crippen LogP contribution < -0.4 is 5.30 Å². The van der Waals surface area contributed by atoms with E-state index in [1.807, 2.05) is 37.3 Å². The van der Waals surface area contributed by atoms with E-state index < -0.39 is 7.14 Å². The summed E-state index contributed by atoms with van der Waals surface area (Å²) >= 11 is 0. The van der Waals surface area contributed by atoms with Gasteiger partial charge < -0.3 is 9.30 Å². The van der Waals surface area contributed by atoms with Crippen LogP contribution in [0.3, 0.4) is 0 Å². The average molecular weight is 226 g/mol. The van der Waals surface area contributed by atoms with Crippen molar-refractivity contribution in [1.82, 2.24) is 0 Å². The molecule has 15 heavy (non-hydrogen) atoms. The number of ether oxygens (including phenoxy) is 1. The molecule has 82 valence electrons. The van der Waals surface area contributed by atoms with Gasteiger partial charge in [0.25, 0.3) is 0 Å². The highest BCUT2D eigenvalue weighted by molar-refractivity contribution is 7.71. The van der Waals surface area contributed by atoms with Gasteiger partial charge in [0.1, 0.15) is 6.35 Å². The van der Waals surface area contributed by atoms with E-state index in [0.29, 0.717) is 6.16 Å². The molecule has 0 fully saturated rings. The fourth-order valence-electron chi connectivity index (χ4n) is 1.24. The number of hydrogen-bond donors (Lipinski definition) is 0. The SMILES string of the molecule is CC[P@](=O)(COC(C)=O)c1ccccc1. The molecule has 1 aromatic rings. The van der Waals surface area contributed by atoms with Gasteiger partial charge in [-0.3, -0.25) is 4.79 Å². The molecule has 0 aliphatic rings. The number of esters is 1. The molecule has 0 saturated carbocycles. The summed E-state index contributed by atoms with van der Waals surface area (Å²) in [7, 11) is -2.55. The van der Waals surface area contributed by atoms with Crippen molar-refractivity contribution < 1.29 is 14.1 Å². The summed E-state index contributed by atoms with van der Waals surface area (Å²) < 4.78 is 17.3. The lowest BCUT2D eigenvalue weighted by Gasteiger charge is -2.15. The van der Waals surface area contributed by atoms with Crippen LogP contribution in [-0.4, -0.2) is 18.5 Å². The summed E-state index contributed by atoms with van der Waals surface area (Å²) in [4.78, 5) is 10.7. The maximum Gasteiger partial charge on any atom is 0.303 e. The van der Waals surface area contributed by atoms with Gasteiger partial charge in [0, 0.05) is 18.4 Å². The Labute approximate surface area is 89.8 Å². The monoisotopic (exact) mass is 226 g/mol. The van der Waals surface area contributed by atoms with Crippen molar-refractivity contribution in [2.45, 2.75) is 13.8 Å². The molecule has 0 radical (unpaired) electrons. The molecule has 0 aromatic heterocycles. The zero-order valence-corrected chi connectivity index (χ0v) is 9.87. The van der Waals surface area contributed by atoms with Crippen molar-refractivity contribution in [3.63, 3.8) is 0 Å². The molecule has 0 aliphatic heterocycles. The van der Waals surface area contributed by atoms with Gasteiger partial charge in [-0.25, -0.2) is 0 Å². The maximum absolute atomic E-state index is 12.4. The van der Waals surface area contributed by atoms with E-state index in [1.54, 1.807) is 0 Å². The Kier molecular flexibility index (Phi) is 4.10. The first-order chi connectivity index (χ1) is 7.08. The highest BCUT2D eigenvalue weighted by Crippen LogP contribution is 2.43. The van der Waals surface area contributed by atoms with E-state index in [9.17, 15) is 9.36 Å². The molecule has 0 saturated heterocycles. The van der Waals surface area contributed by atoms with E-state index in [4.69, 9.17) is 4.74 Å². The van der Waals surface area contributed by atoms with Crippen LogP contribution in [0, 0.1) is 0 Å². The van der Waals surface area contributed by atoms with Gasteiger partial charge in [-0.15, -0.1) is 0 Å². The molecule has 0 unspecified atom stereocenters. The molecule has 1 aromatic carbocycles. The molecule has 0 spiro atoms. The topological polar surface area (TPSA) is 43.4 Å². The largest absolute Gasteiger partial charge is 0.458 e. The Balaban J connectivity index is 2.86. The van der Waals surface area contributed by atoms with Gasteiger partial charge in [0.05, 0.1) is 0 Å². The number of benzene rings is 1. The van der Waals surface area contributed by atoms with Crippen molar-refractivity contribution in [1.29, 1.82) is 0 Å². The molecule has 0 bridgehead atoms. The van der Waals surface area contributed by atoms with Crippen LogP contribution in [0.15, 0.2) is 30.3 Å². The molecule has 0 amide bonds. The molecule has 1 rings (SSSR count). The second kappa shape index (κ2) is 5.13. The minimum absolute atomic E-state index is 0.00282. The molecule has 3 nitrogen and oxygen atoms in total. The van der Waals surface area contributed by atoms with E-state index in [2.05, 4.69) is 0 Å². The van der Waals surface area contributed by atoms with Gasteiger partial charge in [0.15, 0.2) is 7.14 Å². The van der Waals surface area contributed by atoms with E-state index >= 15 is 0 Å². The molecule has 4 heteroatoms. The Hall–Kier alpha value is -1.08. The van der Waals surface area contributed by atoms with Crippen molar-refractivity contribution in [2.75, 3.05) is 12.5 Å². The Morgan fingerprint density at radius 1 is 1.33 bits per heavy atom. The third-order valence-corrected chi connectivity index (χ3v) is 5.02. The third-order valence-electron chi connectivity index (χ3n) is 2.21. The van der Waals surface area contributed by atoms with Crippen LogP contribution in [0.1, 0.15) is 13.8 Å². The van der Waals surface area contributed by atoms with Crippen molar-refractivity contribution >= 4 is 18.4 Å². The van der Waals surface area contributed by atoms with Crippen molar-refractivity contribution in [3.05, 3.63) is 30.3 Å². The normalized spacial score (nSPS) is 14.3. The lowest BCUT2D eigenvalue weighted by molar-refractivity contribution is -0.138. The molecular formula is C11H15O3P. The number of carbonyl (C=O) groups excluding carboxylic acids is 1. The quantitative estimate of drug-likeness (QED) is 0.584. The summed E-state index contributed by atoms with van der Waals surface area (Å²) in [6.07, 6.45) is 0.507. The predicted octanol–water partition coefficient (Wildman–Crippen LogP) is 2.22. The fourth-order valence-corrected chi connectivity index (χ4v) is 3.05. The highest BCUT2D eigenvalue weighted by atomic mass is 31.2. The van der Waals surface area contributed by atoms with E-state index in [0.717, 1.165) is 5.30 Å². The average Bonchev–Trinajstić information content (AvgIpc) is 2.27. The minimum atomic E-state index is -2.55. The third kappa shape index (κ3) is 3.21. The maximum atomic E-state index is 12.4. The number of hydrogen-bond acceptors (Lipinski definition) is 3. The second-order valence-corrected chi connectivity index (χ2v) is 6.49. The highest BCUT2D eigenvalue weighted by Gasteiger charge is 2.23. The summed E-state index contributed by atoms with van der Waals surface area (Å²) in [5.41, 5.74) is 0. The minimum Gasteiger partial charge on any atom is -0.458 e. The lowest BCUT2D eigenvalue weighted by Crippen LogP contribution is -2.12.